The fraction of sp³-hybridized carbons (Fsp3) is 0.400. The van der Waals surface area contributed by atoms with Crippen LogP contribution in [0.15, 0.2) is 10.7 Å². The molecule has 0 aliphatic carbocycles. The molecule has 0 aliphatic rings. The van der Waals surface area contributed by atoms with Crippen molar-refractivity contribution in [2.45, 2.75) is 19.7 Å². The minimum absolute atomic E-state index is 0.190. The average molecular weight is 242 g/mol. The smallest absolute Gasteiger partial charge is 0.399 e. The third-order valence-electron chi connectivity index (χ3n) is 2.30. The number of rotatable bonds is 3. The van der Waals surface area contributed by atoms with Crippen LogP contribution in [-0.2, 0) is 12.9 Å². The summed E-state index contributed by atoms with van der Waals surface area (Å²) in [4.78, 5) is 4.06. The minimum atomic E-state index is 0.190. The SMILES string of the molecule is Cc1nn(C)c(C)c1Oc1nc(CCl)co1. The lowest BCUT2D eigenvalue weighted by molar-refractivity contribution is 0.327. The maximum Gasteiger partial charge on any atom is 0.399 e. The molecular weight excluding hydrogens is 230 g/mol. The first-order chi connectivity index (χ1) is 7.61. The van der Waals surface area contributed by atoms with E-state index in [1.165, 1.54) is 6.26 Å². The maximum absolute atomic E-state index is 5.62. The van der Waals surface area contributed by atoms with Crippen LogP contribution in [0.3, 0.4) is 0 Å². The molecule has 0 radical (unpaired) electrons. The van der Waals surface area contributed by atoms with Crippen molar-refractivity contribution in [2.24, 2.45) is 7.05 Å². The van der Waals surface area contributed by atoms with E-state index in [1.807, 2.05) is 20.9 Å². The minimum Gasteiger partial charge on any atom is -0.417 e. The fourth-order valence-corrected chi connectivity index (χ4v) is 1.51. The Morgan fingerprint density at radius 2 is 2.25 bits per heavy atom. The van der Waals surface area contributed by atoms with E-state index in [0.717, 1.165) is 11.4 Å². The molecule has 5 nitrogen and oxygen atoms in total. The number of nitrogens with zero attached hydrogens (tertiary/aromatic N) is 3. The van der Waals surface area contributed by atoms with Crippen LogP contribution in [0.1, 0.15) is 17.1 Å². The highest BCUT2D eigenvalue weighted by atomic mass is 35.5. The standard InChI is InChI=1S/C10H12ClN3O2/c1-6-9(7(2)14(3)13-6)16-10-12-8(4-11)5-15-10/h5H,4H2,1-3H3. The molecule has 16 heavy (non-hydrogen) atoms. The van der Waals surface area contributed by atoms with Gasteiger partial charge < -0.3 is 9.15 Å². The van der Waals surface area contributed by atoms with Gasteiger partial charge in [-0.3, -0.25) is 4.68 Å². The molecule has 0 unspecified atom stereocenters. The second-order valence-electron chi connectivity index (χ2n) is 3.46. The summed E-state index contributed by atoms with van der Waals surface area (Å²) in [5.41, 5.74) is 2.37. The molecule has 0 bridgehead atoms. The zero-order chi connectivity index (χ0) is 11.7. The predicted octanol–water partition coefficient (Wildman–Crippen LogP) is 2.56. The van der Waals surface area contributed by atoms with Crippen LogP contribution in [0.4, 0.5) is 0 Å². The van der Waals surface area contributed by atoms with Crippen molar-refractivity contribution in [1.82, 2.24) is 14.8 Å². The quantitative estimate of drug-likeness (QED) is 0.775. The number of ether oxygens (including phenoxy) is 1. The molecule has 0 N–H and O–H groups in total. The van der Waals surface area contributed by atoms with Gasteiger partial charge in [-0.2, -0.15) is 10.1 Å². The molecule has 0 fully saturated rings. The largest absolute Gasteiger partial charge is 0.417 e. The summed E-state index contributed by atoms with van der Waals surface area (Å²) < 4.78 is 12.4. The average Bonchev–Trinajstić information content (AvgIpc) is 2.80. The third kappa shape index (κ3) is 1.90. The van der Waals surface area contributed by atoms with Gasteiger partial charge in [-0.05, 0) is 13.8 Å². The van der Waals surface area contributed by atoms with Gasteiger partial charge in [-0.25, -0.2) is 0 Å². The molecule has 0 saturated heterocycles. The Hall–Kier alpha value is -1.49. The predicted molar refractivity (Wildman–Crippen MR) is 58.8 cm³/mol. The van der Waals surface area contributed by atoms with Crippen molar-refractivity contribution in [3.05, 3.63) is 23.3 Å². The van der Waals surface area contributed by atoms with Gasteiger partial charge in [0.1, 0.15) is 12.0 Å². The van der Waals surface area contributed by atoms with Crippen LogP contribution >= 0.6 is 11.6 Å². The molecule has 0 spiro atoms. The van der Waals surface area contributed by atoms with Gasteiger partial charge in [-0.15, -0.1) is 11.6 Å². The molecule has 6 heteroatoms. The highest BCUT2D eigenvalue weighted by molar-refractivity contribution is 6.16. The van der Waals surface area contributed by atoms with Gasteiger partial charge in [0, 0.05) is 7.05 Å². The van der Waals surface area contributed by atoms with Crippen molar-refractivity contribution < 1.29 is 9.15 Å². The molecule has 2 aromatic heterocycles. The molecular formula is C10H12ClN3O2. The molecule has 2 aromatic rings. The first-order valence-corrected chi connectivity index (χ1v) is 5.33. The van der Waals surface area contributed by atoms with Gasteiger partial charge in [0.2, 0.25) is 0 Å². The van der Waals surface area contributed by atoms with Crippen LogP contribution in [0.25, 0.3) is 0 Å². The monoisotopic (exact) mass is 241 g/mol. The topological polar surface area (TPSA) is 53.1 Å². The van der Waals surface area contributed by atoms with Gasteiger partial charge in [0.25, 0.3) is 0 Å². The van der Waals surface area contributed by atoms with Gasteiger partial charge in [-0.1, -0.05) is 0 Å². The van der Waals surface area contributed by atoms with E-state index in [-0.39, 0.29) is 6.08 Å². The van der Waals surface area contributed by atoms with Crippen LogP contribution in [-0.4, -0.2) is 14.8 Å². The molecule has 0 saturated carbocycles. The molecule has 0 aromatic carbocycles. The van der Waals surface area contributed by atoms with Crippen LogP contribution in [0.2, 0.25) is 0 Å². The van der Waals surface area contributed by atoms with E-state index in [4.69, 9.17) is 20.8 Å². The lowest BCUT2D eigenvalue weighted by atomic mass is 10.3. The number of hydrogen-bond acceptors (Lipinski definition) is 4. The Bertz CT molecular complexity index is 504. The summed E-state index contributed by atoms with van der Waals surface area (Å²) in [6, 6.07) is 0. The lowest BCUT2D eigenvalue weighted by Crippen LogP contribution is -1.93. The summed E-state index contributed by atoms with van der Waals surface area (Å²) >= 11 is 5.62. The van der Waals surface area contributed by atoms with Crippen molar-refractivity contribution in [1.29, 1.82) is 0 Å². The number of aryl methyl sites for hydroxylation is 2. The van der Waals surface area contributed by atoms with Crippen molar-refractivity contribution >= 4 is 11.6 Å². The molecule has 2 rings (SSSR count). The molecule has 0 aliphatic heterocycles. The first-order valence-electron chi connectivity index (χ1n) is 4.80. The first kappa shape index (κ1) is 11.0. The third-order valence-corrected chi connectivity index (χ3v) is 2.57. The summed E-state index contributed by atoms with van der Waals surface area (Å²) in [5, 5.41) is 4.23. The zero-order valence-electron chi connectivity index (χ0n) is 9.32. The second kappa shape index (κ2) is 4.17. The van der Waals surface area contributed by atoms with Crippen molar-refractivity contribution in [3.63, 3.8) is 0 Å². The van der Waals surface area contributed by atoms with E-state index in [2.05, 4.69) is 10.1 Å². The summed E-state index contributed by atoms with van der Waals surface area (Å²) in [6.07, 6.45) is 1.67. The Kier molecular flexibility index (Phi) is 2.87. The van der Waals surface area contributed by atoms with Gasteiger partial charge in [0.05, 0.1) is 17.3 Å². The summed E-state index contributed by atoms with van der Waals surface area (Å²) in [7, 11) is 1.86. The number of halogens is 1. The van der Waals surface area contributed by atoms with E-state index in [0.29, 0.717) is 17.3 Å². The molecule has 2 heterocycles. The molecule has 0 atom stereocenters. The van der Waals surface area contributed by atoms with E-state index >= 15 is 0 Å². The normalized spacial score (nSPS) is 10.8. The summed E-state index contributed by atoms with van der Waals surface area (Å²) in [6.45, 7) is 3.79. The second-order valence-corrected chi connectivity index (χ2v) is 3.73. The van der Waals surface area contributed by atoms with Gasteiger partial charge >= 0.3 is 6.08 Å². The Balaban J connectivity index is 2.26. The van der Waals surface area contributed by atoms with Crippen molar-refractivity contribution in [3.8, 4) is 11.8 Å². The van der Waals surface area contributed by atoms with Crippen LogP contribution in [0, 0.1) is 13.8 Å². The van der Waals surface area contributed by atoms with Crippen LogP contribution < -0.4 is 4.74 Å². The van der Waals surface area contributed by atoms with E-state index < -0.39 is 0 Å². The highest BCUT2D eigenvalue weighted by Gasteiger charge is 2.14. The number of hydrogen-bond donors (Lipinski definition) is 0. The van der Waals surface area contributed by atoms with Gasteiger partial charge in [0.15, 0.2) is 5.75 Å². The zero-order valence-corrected chi connectivity index (χ0v) is 10.1. The van der Waals surface area contributed by atoms with E-state index in [1.54, 1.807) is 4.68 Å². The number of alkyl halides is 1. The maximum atomic E-state index is 5.62. The molecule has 0 amide bonds. The van der Waals surface area contributed by atoms with Crippen LogP contribution in [0.5, 0.6) is 11.8 Å². The van der Waals surface area contributed by atoms with Crippen molar-refractivity contribution in [2.75, 3.05) is 0 Å². The molecule has 86 valence electrons. The lowest BCUT2D eigenvalue weighted by Gasteiger charge is -1.99. The Labute approximate surface area is 98.0 Å². The number of oxazole rings is 1. The fourth-order valence-electron chi connectivity index (χ4n) is 1.39. The Morgan fingerprint density at radius 1 is 1.50 bits per heavy atom. The Morgan fingerprint density at radius 3 is 2.75 bits per heavy atom. The number of aromatic nitrogens is 3. The van der Waals surface area contributed by atoms with E-state index in [9.17, 15) is 0 Å². The summed E-state index contributed by atoms with van der Waals surface area (Å²) in [5.74, 6) is 0.975. The highest BCUT2D eigenvalue weighted by Crippen LogP contribution is 2.27.